The fourth-order valence-corrected chi connectivity index (χ4v) is 3.83. The lowest BCUT2D eigenvalue weighted by Crippen LogP contribution is -2.12. The van der Waals surface area contributed by atoms with E-state index in [-0.39, 0.29) is 4.90 Å². The second-order valence-corrected chi connectivity index (χ2v) is 7.53. The molecule has 21 heavy (non-hydrogen) atoms. The number of anilines is 1. The van der Waals surface area contributed by atoms with Crippen molar-refractivity contribution in [3.8, 4) is 0 Å². The Bertz CT molecular complexity index is 733. The summed E-state index contributed by atoms with van der Waals surface area (Å²) >= 11 is 3.37. The molecule has 0 aliphatic rings. The van der Waals surface area contributed by atoms with Crippen LogP contribution in [0.5, 0.6) is 0 Å². The number of hydrogen-bond donors (Lipinski definition) is 2. The van der Waals surface area contributed by atoms with Crippen LogP contribution in [0.4, 0.5) is 5.69 Å². The van der Waals surface area contributed by atoms with Gasteiger partial charge in [-0.3, -0.25) is 4.72 Å². The number of nitrogens with one attached hydrogen (secondary N) is 2. The van der Waals surface area contributed by atoms with Gasteiger partial charge in [-0.2, -0.15) is 0 Å². The lowest BCUT2D eigenvalue weighted by atomic mass is 10.2. The van der Waals surface area contributed by atoms with Crippen molar-refractivity contribution in [1.82, 2.24) is 9.88 Å². The van der Waals surface area contributed by atoms with Gasteiger partial charge in [0, 0.05) is 30.0 Å². The van der Waals surface area contributed by atoms with Crippen LogP contribution in [-0.2, 0) is 23.6 Å². The number of nitrogens with zero attached hydrogens (tertiary/aromatic N) is 1. The molecule has 2 rings (SSSR count). The number of hydrogen-bond acceptors (Lipinski definition) is 3. The van der Waals surface area contributed by atoms with Crippen LogP contribution in [0.1, 0.15) is 11.3 Å². The van der Waals surface area contributed by atoms with Crippen LogP contribution in [0.15, 0.2) is 39.8 Å². The topological polar surface area (TPSA) is 63.1 Å². The van der Waals surface area contributed by atoms with Crippen LogP contribution >= 0.6 is 15.9 Å². The second-order valence-electron chi connectivity index (χ2n) is 4.93. The first-order valence-corrected chi connectivity index (χ1v) is 8.69. The quantitative estimate of drug-likeness (QED) is 0.848. The van der Waals surface area contributed by atoms with Crippen LogP contribution in [-0.4, -0.2) is 20.0 Å². The first-order valence-electron chi connectivity index (χ1n) is 6.41. The lowest BCUT2D eigenvalue weighted by molar-refractivity contribution is 0.601. The summed E-state index contributed by atoms with van der Waals surface area (Å²) in [6.45, 7) is 2.53. The highest BCUT2D eigenvalue weighted by atomic mass is 79.9. The zero-order valence-corrected chi connectivity index (χ0v) is 14.5. The van der Waals surface area contributed by atoms with Crippen molar-refractivity contribution in [2.45, 2.75) is 18.4 Å². The van der Waals surface area contributed by atoms with Crippen molar-refractivity contribution < 1.29 is 8.42 Å². The van der Waals surface area contributed by atoms with E-state index in [1.165, 1.54) is 0 Å². The predicted octanol–water partition coefficient (Wildman–Crippen LogP) is 2.62. The highest BCUT2D eigenvalue weighted by Gasteiger charge is 2.17. The molecular weight excluding hydrogens is 354 g/mol. The van der Waals surface area contributed by atoms with E-state index in [4.69, 9.17) is 0 Å². The number of aryl methyl sites for hydroxylation is 2. The first-order chi connectivity index (χ1) is 9.81. The van der Waals surface area contributed by atoms with Crippen LogP contribution in [0.3, 0.4) is 0 Å². The fourth-order valence-electron chi connectivity index (χ4n) is 2.09. The maximum Gasteiger partial charge on any atom is 0.263 e. The minimum absolute atomic E-state index is 0.257. The molecule has 0 spiro atoms. The molecule has 2 N–H and O–H groups in total. The third-order valence-corrected chi connectivity index (χ3v) is 4.85. The molecule has 0 bridgehead atoms. The molecule has 0 unspecified atom stereocenters. The summed E-state index contributed by atoms with van der Waals surface area (Å²) in [4.78, 5) is 0.257. The first kappa shape index (κ1) is 16.1. The highest BCUT2D eigenvalue weighted by molar-refractivity contribution is 9.10. The lowest BCUT2D eigenvalue weighted by Gasteiger charge is -2.08. The van der Waals surface area contributed by atoms with Crippen LogP contribution in [0.25, 0.3) is 0 Å². The van der Waals surface area contributed by atoms with Gasteiger partial charge in [0.05, 0.1) is 5.69 Å². The minimum atomic E-state index is -3.59. The molecule has 0 atom stereocenters. The summed E-state index contributed by atoms with van der Waals surface area (Å²) in [6.07, 6.45) is 1.61. The van der Waals surface area contributed by atoms with Crippen molar-refractivity contribution >= 4 is 31.6 Å². The molecule has 1 heterocycles. The van der Waals surface area contributed by atoms with E-state index in [1.807, 2.05) is 27.1 Å². The second kappa shape index (κ2) is 6.21. The van der Waals surface area contributed by atoms with Crippen molar-refractivity contribution in [3.05, 3.63) is 46.2 Å². The summed E-state index contributed by atoms with van der Waals surface area (Å²) in [5, 5.41) is 3.01. The van der Waals surface area contributed by atoms with E-state index in [2.05, 4.69) is 26.0 Å². The summed E-state index contributed by atoms with van der Waals surface area (Å²) < 4.78 is 30.1. The van der Waals surface area contributed by atoms with Crippen molar-refractivity contribution in [1.29, 1.82) is 0 Å². The van der Waals surface area contributed by atoms with Crippen molar-refractivity contribution in [2.75, 3.05) is 11.8 Å². The van der Waals surface area contributed by atoms with Crippen LogP contribution in [0.2, 0.25) is 0 Å². The summed E-state index contributed by atoms with van der Waals surface area (Å²) in [7, 11) is 0.0652. The molecule has 1 aromatic heterocycles. The van der Waals surface area contributed by atoms with Gasteiger partial charge in [0.25, 0.3) is 10.0 Å². The molecule has 0 aliphatic carbocycles. The van der Waals surface area contributed by atoms with Gasteiger partial charge in [-0.1, -0.05) is 15.9 Å². The standard InChI is InChI=1S/C14H18BrN3O2S/c1-10-4-11(15)6-12(5-10)17-21(19,20)14-7-13(8-16-2)18(3)9-14/h4-7,9,16-17H,8H2,1-3H3. The molecule has 0 saturated carbocycles. The molecule has 0 amide bonds. The molecular formula is C14H18BrN3O2S. The van der Waals surface area contributed by atoms with Gasteiger partial charge in [-0.25, -0.2) is 8.42 Å². The van der Waals surface area contributed by atoms with Crippen molar-refractivity contribution in [2.24, 2.45) is 7.05 Å². The minimum Gasteiger partial charge on any atom is -0.352 e. The Hall–Kier alpha value is -1.31. The normalized spacial score (nSPS) is 11.6. The Kier molecular flexibility index (Phi) is 4.75. The van der Waals surface area contributed by atoms with Crippen molar-refractivity contribution in [3.63, 3.8) is 0 Å². The Balaban J connectivity index is 2.31. The molecule has 1 aromatic carbocycles. The van der Waals surface area contributed by atoms with E-state index in [0.717, 1.165) is 15.7 Å². The molecule has 7 heteroatoms. The van der Waals surface area contributed by atoms with E-state index in [9.17, 15) is 8.42 Å². The SMILES string of the molecule is CNCc1cc(S(=O)(=O)Nc2cc(C)cc(Br)c2)cn1C. The number of halogens is 1. The number of rotatable bonds is 5. The summed E-state index contributed by atoms with van der Waals surface area (Å²) in [5.41, 5.74) is 2.43. The largest absolute Gasteiger partial charge is 0.352 e. The van der Waals surface area contributed by atoms with E-state index in [0.29, 0.717) is 12.2 Å². The predicted molar refractivity (Wildman–Crippen MR) is 87.9 cm³/mol. The van der Waals surface area contributed by atoms with Gasteiger partial charge in [-0.05, 0) is 43.8 Å². The van der Waals surface area contributed by atoms with E-state index in [1.54, 1.807) is 29.0 Å². The molecule has 2 aromatic rings. The summed E-state index contributed by atoms with van der Waals surface area (Å²) in [6, 6.07) is 7.12. The zero-order valence-electron chi connectivity index (χ0n) is 12.1. The van der Waals surface area contributed by atoms with E-state index < -0.39 is 10.0 Å². The smallest absolute Gasteiger partial charge is 0.263 e. The maximum absolute atomic E-state index is 12.4. The molecule has 5 nitrogen and oxygen atoms in total. The average molecular weight is 372 g/mol. The highest BCUT2D eigenvalue weighted by Crippen LogP contribution is 2.23. The number of aromatic nitrogens is 1. The Morgan fingerprint density at radius 1 is 1.24 bits per heavy atom. The van der Waals surface area contributed by atoms with Crippen LogP contribution in [0, 0.1) is 6.92 Å². The Labute approximate surface area is 133 Å². The van der Waals surface area contributed by atoms with Gasteiger partial charge >= 0.3 is 0 Å². The number of sulfonamides is 1. The van der Waals surface area contributed by atoms with Crippen LogP contribution < -0.4 is 10.0 Å². The van der Waals surface area contributed by atoms with Gasteiger partial charge in [-0.15, -0.1) is 0 Å². The Morgan fingerprint density at radius 2 is 1.95 bits per heavy atom. The summed E-state index contributed by atoms with van der Waals surface area (Å²) in [5.74, 6) is 0. The molecule has 0 radical (unpaired) electrons. The third-order valence-electron chi connectivity index (χ3n) is 3.05. The molecule has 0 fully saturated rings. The van der Waals surface area contributed by atoms with E-state index >= 15 is 0 Å². The van der Waals surface area contributed by atoms with Gasteiger partial charge in [0.2, 0.25) is 0 Å². The fraction of sp³-hybridized carbons (Fsp3) is 0.286. The van der Waals surface area contributed by atoms with Gasteiger partial charge < -0.3 is 9.88 Å². The third kappa shape index (κ3) is 3.87. The number of benzene rings is 1. The van der Waals surface area contributed by atoms with Gasteiger partial charge in [0.1, 0.15) is 4.90 Å². The van der Waals surface area contributed by atoms with Gasteiger partial charge in [0.15, 0.2) is 0 Å². The monoisotopic (exact) mass is 371 g/mol. The maximum atomic E-state index is 12.4. The Morgan fingerprint density at radius 3 is 2.57 bits per heavy atom. The zero-order chi connectivity index (χ0) is 15.6. The molecule has 0 aliphatic heterocycles. The molecule has 114 valence electrons. The average Bonchev–Trinajstić information content (AvgIpc) is 2.70. The molecule has 0 saturated heterocycles.